The first-order chi connectivity index (χ1) is 11.6. The molecule has 0 bridgehead atoms. The summed E-state index contributed by atoms with van der Waals surface area (Å²) in [6.45, 7) is 2.32. The van der Waals surface area contributed by atoms with Crippen molar-refractivity contribution in [3.63, 3.8) is 0 Å². The molecule has 2 aromatic heterocycles. The quantitative estimate of drug-likeness (QED) is 0.639. The molecular weight excluding hydrogens is 326 g/mol. The minimum Gasteiger partial charge on any atom is -0.464 e. The van der Waals surface area contributed by atoms with Crippen molar-refractivity contribution < 1.29 is 9.21 Å². The van der Waals surface area contributed by atoms with Gasteiger partial charge in [-0.1, -0.05) is 30.0 Å². The van der Waals surface area contributed by atoms with Crippen LogP contribution in [-0.4, -0.2) is 43.8 Å². The summed E-state index contributed by atoms with van der Waals surface area (Å²) >= 11 is 1.31. The molecular formula is C16H17N5O2S. The molecule has 0 saturated heterocycles. The number of amides is 1. The summed E-state index contributed by atoms with van der Waals surface area (Å²) < 4.78 is 7.11. The van der Waals surface area contributed by atoms with Gasteiger partial charge in [0.2, 0.25) is 11.1 Å². The first-order valence-electron chi connectivity index (χ1n) is 7.39. The Morgan fingerprint density at radius 1 is 1.25 bits per heavy atom. The molecule has 0 unspecified atom stereocenters. The molecule has 124 valence electrons. The first-order valence-corrected chi connectivity index (χ1v) is 8.38. The normalized spacial score (nSPS) is 10.8. The van der Waals surface area contributed by atoms with Crippen molar-refractivity contribution >= 4 is 17.7 Å². The van der Waals surface area contributed by atoms with E-state index in [1.165, 1.54) is 11.8 Å². The lowest BCUT2D eigenvalue weighted by molar-refractivity contribution is -0.127. The lowest BCUT2D eigenvalue weighted by Gasteiger charge is -2.15. The highest BCUT2D eigenvalue weighted by Gasteiger charge is 2.15. The number of tetrazole rings is 1. The van der Waals surface area contributed by atoms with Crippen molar-refractivity contribution in [2.45, 2.75) is 18.6 Å². The maximum atomic E-state index is 12.3. The van der Waals surface area contributed by atoms with Crippen LogP contribution in [0.4, 0.5) is 0 Å². The van der Waals surface area contributed by atoms with Gasteiger partial charge in [-0.3, -0.25) is 4.79 Å². The topological polar surface area (TPSA) is 77.1 Å². The number of para-hydroxylation sites is 1. The molecule has 0 aliphatic rings. The van der Waals surface area contributed by atoms with Crippen LogP contribution in [0.3, 0.4) is 0 Å². The third kappa shape index (κ3) is 3.83. The number of aromatic nitrogens is 4. The number of benzene rings is 1. The number of thioether (sulfide) groups is 1. The molecule has 24 heavy (non-hydrogen) atoms. The molecule has 8 heteroatoms. The number of nitrogens with zero attached hydrogens (tertiary/aromatic N) is 5. The van der Waals surface area contributed by atoms with Gasteiger partial charge < -0.3 is 9.32 Å². The monoisotopic (exact) mass is 343 g/mol. The standard InChI is InChI=1S/C16H17N5O2S/c1-12-8-9-14(23-12)10-20(2)15(22)11-24-16-17-18-19-21(16)13-6-4-3-5-7-13/h3-9H,10-11H2,1-2H3. The number of furan rings is 1. The van der Waals surface area contributed by atoms with E-state index in [0.29, 0.717) is 11.7 Å². The minimum atomic E-state index is -0.0170. The summed E-state index contributed by atoms with van der Waals surface area (Å²) in [5.74, 6) is 1.84. The van der Waals surface area contributed by atoms with Crippen molar-refractivity contribution in [1.29, 1.82) is 0 Å². The molecule has 3 aromatic rings. The van der Waals surface area contributed by atoms with Gasteiger partial charge in [0.1, 0.15) is 11.5 Å². The van der Waals surface area contributed by atoms with Gasteiger partial charge in [-0.25, -0.2) is 0 Å². The highest BCUT2D eigenvalue weighted by molar-refractivity contribution is 7.99. The highest BCUT2D eigenvalue weighted by atomic mass is 32.2. The summed E-state index contributed by atoms with van der Waals surface area (Å²) in [5.41, 5.74) is 0.858. The van der Waals surface area contributed by atoms with Crippen LogP contribution >= 0.6 is 11.8 Å². The fourth-order valence-corrected chi connectivity index (χ4v) is 2.96. The van der Waals surface area contributed by atoms with Crippen LogP contribution in [0.15, 0.2) is 52.0 Å². The maximum absolute atomic E-state index is 12.3. The smallest absolute Gasteiger partial charge is 0.233 e. The van der Waals surface area contributed by atoms with E-state index in [9.17, 15) is 4.79 Å². The fourth-order valence-electron chi connectivity index (χ4n) is 2.13. The van der Waals surface area contributed by atoms with E-state index in [2.05, 4.69) is 15.5 Å². The van der Waals surface area contributed by atoms with Gasteiger partial charge >= 0.3 is 0 Å². The number of hydrogen-bond donors (Lipinski definition) is 0. The summed E-state index contributed by atoms with van der Waals surface area (Å²) in [7, 11) is 1.75. The van der Waals surface area contributed by atoms with Crippen LogP contribution in [0.1, 0.15) is 11.5 Å². The lowest BCUT2D eigenvalue weighted by Crippen LogP contribution is -2.27. The van der Waals surface area contributed by atoms with Gasteiger partial charge in [-0.05, 0) is 41.6 Å². The zero-order valence-corrected chi connectivity index (χ0v) is 14.2. The second-order valence-electron chi connectivity index (χ2n) is 5.26. The van der Waals surface area contributed by atoms with Crippen LogP contribution in [0, 0.1) is 6.92 Å². The van der Waals surface area contributed by atoms with Crippen molar-refractivity contribution in [1.82, 2.24) is 25.1 Å². The van der Waals surface area contributed by atoms with Gasteiger partial charge in [0, 0.05) is 7.05 Å². The average Bonchev–Trinajstić information content (AvgIpc) is 3.22. The molecule has 3 rings (SSSR count). The molecule has 0 aliphatic heterocycles. The number of hydrogen-bond acceptors (Lipinski definition) is 6. The predicted molar refractivity (Wildman–Crippen MR) is 89.8 cm³/mol. The van der Waals surface area contributed by atoms with E-state index in [0.717, 1.165) is 17.2 Å². The summed E-state index contributed by atoms with van der Waals surface area (Å²) in [5, 5.41) is 12.2. The molecule has 0 fully saturated rings. The Morgan fingerprint density at radius 3 is 2.75 bits per heavy atom. The largest absolute Gasteiger partial charge is 0.464 e. The zero-order chi connectivity index (χ0) is 16.9. The molecule has 1 aromatic carbocycles. The van der Waals surface area contributed by atoms with E-state index in [1.807, 2.05) is 49.4 Å². The third-order valence-electron chi connectivity index (χ3n) is 3.38. The number of carbonyl (C=O) groups excluding carboxylic acids is 1. The van der Waals surface area contributed by atoms with Crippen LogP contribution in [0.25, 0.3) is 5.69 Å². The van der Waals surface area contributed by atoms with E-state index in [1.54, 1.807) is 16.6 Å². The molecule has 0 spiro atoms. The molecule has 0 N–H and O–H groups in total. The number of carbonyl (C=O) groups is 1. The summed E-state index contributed by atoms with van der Waals surface area (Å²) in [4.78, 5) is 13.9. The molecule has 0 saturated carbocycles. The molecule has 7 nitrogen and oxygen atoms in total. The zero-order valence-electron chi connectivity index (χ0n) is 13.4. The highest BCUT2D eigenvalue weighted by Crippen LogP contribution is 2.18. The van der Waals surface area contributed by atoms with Crippen LogP contribution in [0.2, 0.25) is 0 Å². The lowest BCUT2D eigenvalue weighted by atomic mass is 10.3. The summed E-state index contributed by atoms with van der Waals surface area (Å²) in [6.07, 6.45) is 0. The van der Waals surface area contributed by atoms with Gasteiger partial charge in [0.25, 0.3) is 0 Å². The Morgan fingerprint density at radius 2 is 2.04 bits per heavy atom. The minimum absolute atomic E-state index is 0.0170. The third-order valence-corrected chi connectivity index (χ3v) is 4.29. The van der Waals surface area contributed by atoms with Crippen LogP contribution in [-0.2, 0) is 11.3 Å². The van der Waals surface area contributed by atoms with Gasteiger partial charge in [-0.15, -0.1) is 5.10 Å². The Kier molecular flexibility index (Phi) is 4.95. The second-order valence-corrected chi connectivity index (χ2v) is 6.20. The van der Waals surface area contributed by atoms with Crippen molar-refractivity contribution in [3.8, 4) is 5.69 Å². The SMILES string of the molecule is Cc1ccc(CN(C)C(=O)CSc2nnnn2-c2ccccc2)o1. The van der Waals surface area contributed by atoms with Crippen LogP contribution in [0.5, 0.6) is 0 Å². The van der Waals surface area contributed by atoms with Gasteiger partial charge in [-0.2, -0.15) is 4.68 Å². The van der Waals surface area contributed by atoms with Gasteiger partial charge in [0.05, 0.1) is 18.0 Å². The van der Waals surface area contributed by atoms with Gasteiger partial charge in [0.15, 0.2) is 0 Å². The van der Waals surface area contributed by atoms with E-state index >= 15 is 0 Å². The Balaban J connectivity index is 1.60. The van der Waals surface area contributed by atoms with Crippen molar-refractivity contribution in [2.75, 3.05) is 12.8 Å². The molecule has 2 heterocycles. The average molecular weight is 343 g/mol. The summed E-state index contributed by atoms with van der Waals surface area (Å²) in [6, 6.07) is 13.3. The molecule has 0 atom stereocenters. The molecule has 1 amide bonds. The predicted octanol–water partition coefficient (Wildman–Crippen LogP) is 2.31. The second kappa shape index (κ2) is 7.31. The Hall–Kier alpha value is -2.61. The van der Waals surface area contributed by atoms with Crippen LogP contribution < -0.4 is 0 Å². The van der Waals surface area contributed by atoms with Crippen molar-refractivity contribution in [2.24, 2.45) is 0 Å². The Labute approximate surface area is 143 Å². The van der Waals surface area contributed by atoms with Crippen molar-refractivity contribution in [3.05, 3.63) is 54.0 Å². The number of rotatable bonds is 6. The molecule has 0 aliphatic carbocycles. The first kappa shape index (κ1) is 16.3. The maximum Gasteiger partial charge on any atom is 0.233 e. The number of aryl methyl sites for hydroxylation is 1. The van der Waals surface area contributed by atoms with E-state index in [-0.39, 0.29) is 11.7 Å². The van der Waals surface area contributed by atoms with E-state index in [4.69, 9.17) is 4.42 Å². The Bertz CT molecular complexity index is 815. The fraction of sp³-hybridized carbons (Fsp3) is 0.250. The molecule has 0 radical (unpaired) electrons. The van der Waals surface area contributed by atoms with E-state index < -0.39 is 0 Å².